The third-order valence-corrected chi connectivity index (χ3v) is 6.79. The molecule has 0 spiro atoms. The number of benzene rings is 1. The predicted molar refractivity (Wildman–Crippen MR) is 73.2 cm³/mol. The van der Waals surface area contributed by atoms with Gasteiger partial charge in [-0.25, -0.2) is 4.57 Å². The predicted octanol–water partition coefficient (Wildman–Crippen LogP) is 0.129. The number of nitrogens with zero attached hydrogens (tertiary/aromatic N) is 1. The Balaban J connectivity index is 2.49. The Hall–Kier alpha value is -1.11. The van der Waals surface area contributed by atoms with Gasteiger partial charge in [-0.2, -0.15) is 0 Å². The van der Waals surface area contributed by atoms with Gasteiger partial charge in [-0.3, -0.25) is 9.13 Å². The van der Waals surface area contributed by atoms with E-state index in [1.165, 1.54) is 12.4 Å². The highest BCUT2D eigenvalue weighted by Gasteiger charge is 2.62. The van der Waals surface area contributed by atoms with Crippen LogP contribution in [0.5, 0.6) is 0 Å². The van der Waals surface area contributed by atoms with Crippen LogP contribution < -0.4 is 4.57 Å². The summed E-state index contributed by atoms with van der Waals surface area (Å²) in [4.78, 5) is 36.4. The Kier molecular flexibility index (Phi) is 4.08. The molecule has 0 amide bonds. The number of aliphatic hydroxyl groups is 1. The lowest BCUT2D eigenvalue weighted by Gasteiger charge is -2.26. The summed E-state index contributed by atoms with van der Waals surface area (Å²) in [5.74, 6) is 0. The van der Waals surface area contributed by atoms with Gasteiger partial charge in [0.1, 0.15) is 0 Å². The number of rotatable bonds is 4. The smallest absolute Gasteiger partial charge is 0.363 e. The van der Waals surface area contributed by atoms with Crippen LogP contribution >= 0.6 is 15.2 Å². The summed E-state index contributed by atoms with van der Waals surface area (Å²) < 4.78 is 23.7. The number of aromatic nitrogens is 1. The molecule has 0 unspecified atom stereocenters. The summed E-state index contributed by atoms with van der Waals surface area (Å²) in [6.07, 6.45) is 2.81. The maximum atomic E-state index is 11.3. The van der Waals surface area contributed by atoms with Crippen LogP contribution in [0.3, 0.4) is 0 Å². The topological polar surface area (TPSA) is 139 Å². The Morgan fingerprint density at radius 1 is 0.952 bits per heavy atom. The van der Waals surface area contributed by atoms with E-state index in [0.717, 1.165) is 9.95 Å². The lowest BCUT2D eigenvalue weighted by Crippen LogP contribution is -2.47. The average Bonchev–Trinajstić information content (AvgIpc) is 2.36. The number of hydrogen-bond acceptors (Lipinski definition) is 3. The molecule has 10 heteroatoms. The van der Waals surface area contributed by atoms with Crippen LogP contribution in [0.15, 0.2) is 42.7 Å². The van der Waals surface area contributed by atoms with Crippen molar-refractivity contribution < 1.29 is 38.4 Å². The van der Waals surface area contributed by atoms with E-state index in [1.807, 2.05) is 0 Å². The molecule has 0 bridgehead atoms. The summed E-state index contributed by atoms with van der Waals surface area (Å²) in [7, 11) is -10.9. The highest BCUT2D eigenvalue weighted by atomic mass is 31.2. The quantitative estimate of drug-likeness (QED) is 0.395. The van der Waals surface area contributed by atoms with Crippen molar-refractivity contribution in [1.29, 1.82) is 0 Å². The molecule has 114 valence electrons. The normalized spacial score (nSPS) is 13.6. The van der Waals surface area contributed by atoms with Crippen LogP contribution in [-0.2, 0) is 15.7 Å². The molecular weight excluding hydrogens is 320 g/mol. The molecule has 1 aromatic heterocycles. The third-order valence-electron chi connectivity index (χ3n) is 3.07. The highest BCUT2D eigenvalue weighted by Crippen LogP contribution is 2.67. The van der Waals surface area contributed by atoms with Crippen LogP contribution in [0.25, 0.3) is 10.8 Å². The van der Waals surface area contributed by atoms with Crippen molar-refractivity contribution in [3.8, 4) is 0 Å². The third kappa shape index (κ3) is 3.07. The zero-order valence-electron chi connectivity index (χ0n) is 10.6. The first-order chi connectivity index (χ1) is 9.54. The fourth-order valence-electron chi connectivity index (χ4n) is 1.88. The Labute approximate surface area is 119 Å². The average molecular weight is 334 g/mol. The maximum Gasteiger partial charge on any atom is 0.376 e. The van der Waals surface area contributed by atoms with Gasteiger partial charge in [0.15, 0.2) is 12.4 Å². The fourth-order valence-corrected chi connectivity index (χ4v) is 3.93. The maximum absolute atomic E-state index is 11.3. The highest BCUT2D eigenvalue weighted by molar-refractivity contribution is 7.72. The van der Waals surface area contributed by atoms with Crippen molar-refractivity contribution >= 4 is 26.0 Å². The van der Waals surface area contributed by atoms with Crippen molar-refractivity contribution in [3.63, 3.8) is 0 Å². The molecule has 1 heterocycles. The van der Waals surface area contributed by atoms with Gasteiger partial charge in [0.25, 0.3) is 0 Å². The van der Waals surface area contributed by atoms with E-state index in [1.54, 1.807) is 30.3 Å². The molecule has 0 saturated carbocycles. The minimum absolute atomic E-state index is 0.693. The molecule has 0 radical (unpaired) electrons. The monoisotopic (exact) mass is 334 g/mol. The van der Waals surface area contributed by atoms with Gasteiger partial charge in [0, 0.05) is 11.5 Å². The van der Waals surface area contributed by atoms with E-state index in [0.29, 0.717) is 5.39 Å². The number of pyridine rings is 1. The summed E-state index contributed by atoms with van der Waals surface area (Å²) in [5, 5.41) is 7.93. The van der Waals surface area contributed by atoms with Crippen LogP contribution in [0.4, 0.5) is 0 Å². The van der Waals surface area contributed by atoms with Crippen LogP contribution in [0.1, 0.15) is 0 Å². The summed E-state index contributed by atoms with van der Waals surface area (Å²) in [6, 6.07) is 8.67. The standard InChI is InChI=1S/C11H13NO7P2/c13-11(20(14,15)16,21(17,18)19)8-12-6-5-9-3-1-2-4-10(9)7-12/h1-7,13H,8H2,(H3-,14,15,16,17,18,19)/p+1. The second-order valence-corrected chi connectivity index (χ2v) is 8.62. The minimum atomic E-state index is -5.46. The molecule has 0 fully saturated rings. The molecule has 2 rings (SSSR count). The first-order valence-corrected chi connectivity index (χ1v) is 8.98. The van der Waals surface area contributed by atoms with Gasteiger partial charge >= 0.3 is 20.3 Å². The van der Waals surface area contributed by atoms with E-state index in [-0.39, 0.29) is 0 Å². The Morgan fingerprint density at radius 2 is 1.48 bits per heavy atom. The summed E-state index contributed by atoms with van der Waals surface area (Å²) in [6.45, 7) is -0.938. The van der Waals surface area contributed by atoms with Gasteiger partial charge in [-0.1, -0.05) is 18.2 Å². The Morgan fingerprint density at radius 3 is 2.00 bits per heavy atom. The zero-order chi connectivity index (χ0) is 15.9. The lowest BCUT2D eigenvalue weighted by atomic mass is 10.2. The van der Waals surface area contributed by atoms with E-state index in [2.05, 4.69) is 0 Å². The fraction of sp³-hybridized carbons (Fsp3) is 0.182. The second-order valence-electron chi connectivity index (χ2n) is 4.61. The van der Waals surface area contributed by atoms with Crippen molar-refractivity contribution in [2.75, 3.05) is 0 Å². The van der Waals surface area contributed by atoms with Gasteiger partial charge in [-0.15, -0.1) is 0 Å². The lowest BCUT2D eigenvalue weighted by molar-refractivity contribution is -0.702. The molecule has 2 aromatic rings. The molecule has 0 aliphatic carbocycles. The molecule has 5 N–H and O–H groups in total. The first kappa shape index (κ1) is 16.3. The largest absolute Gasteiger partial charge is 0.376 e. The van der Waals surface area contributed by atoms with E-state index in [9.17, 15) is 14.2 Å². The molecule has 1 aromatic carbocycles. The van der Waals surface area contributed by atoms with Gasteiger partial charge in [-0.05, 0) is 11.5 Å². The summed E-state index contributed by atoms with van der Waals surface area (Å²) in [5.41, 5.74) is 0. The molecule has 0 atom stereocenters. The summed E-state index contributed by atoms with van der Waals surface area (Å²) >= 11 is 0. The molecule has 8 nitrogen and oxygen atoms in total. The SMILES string of the molecule is O=P(O)(O)C(O)(C[n+]1ccc2ccccc2c1)P(=O)(O)O. The van der Waals surface area contributed by atoms with Crippen molar-refractivity contribution in [2.45, 2.75) is 11.6 Å². The van der Waals surface area contributed by atoms with Gasteiger partial charge in [0.2, 0.25) is 6.54 Å². The molecule has 0 aliphatic rings. The zero-order valence-corrected chi connectivity index (χ0v) is 12.4. The van der Waals surface area contributed by atoms with E-state index in [4.69, 9.17) is 19.6 Å². The van der Waals surface area contributed by atoms with Crippen LogP contribution in [0.2, 0.25) is 0 Å². The van der Waals surface area contributed by atoms with Crippen LogP contribution in [-0.4, -0.2) is 29.8 Å². The molecule has 0 saturated heterocycles. The molecule has 0 aliphatic heterocycles. The first-order valence-electron chi connectivity index (χ1n) is 5.76. The van der Waals surface area contributed by atoms with Gasteiger partial charge in [0.05, 0.1) is 0 Å². The van der Waals surface area contributed by atoms with Crippen molar-refractivity contribution in [1.82, 2.24) is 0 Å². The minimum Gasteiger partial charge on any atom is -0.363 e. The Bertz CT molecular complexity index is 744. The molecule has 21 heavy (non-hydrogen) atoms. The number of fused-ring (bicyclic) bond motifs is 1. The van der Waals surface area contributed by atoms with Crippen LogP contribution in [0, 0.1) is 0 Å². The van der Waals surface area contributed by atoms with E-state index < -0.39 is 26.8 Å². The second kappa shape index (κ2) is 5.26. The number of hydrogen-bond donors (Lipinski definition) is 5. The van der Waals surface area contributed by atoms with E-state index >= 15 is 0 Å². The molecular formula is C11H14NO7P2+. The van der Waals surface area contributed by atoms with Gasteiger partial charge < -0.3 is 24.7 Å². The van der Waals surface area contributed by atoms with Crippen molar-refractivity contribution in [2.24, 2.45) is 0 Å². The van der Waals surface area contributed by atoms with Crippen molar-refractivity contribution in [3.05, 3.63) is 42.7 Å².